The van der Waals surface area contributed by atoms with Gasteiger partial charge in [0.15, 0.2) is 16.6 Å². The van der Waals surface area contributed by atoms with Crippen LogP contribution in [-0.4, -0.2) is 69.9 Å². The number of thioether (sulfide) groups is 1. The molecule has 0 saturated carbocycles. The second-order valence-electron chi connectivity index (χ2n) is 13.5. The third-order valence-electron chi connectivity index (χ3n) is 9.97. The number of amides is 2. The second-order valence-corrected chi connectivity index (χ2v) is 15.5. The first-order valence-corrected chi connectivity index (χ1v) is 20.7. The first-order valence-electron chi connectivity index (χ1n) is 18.8. The van der Waals surface area contributed by atoms with E-state index in [4.69, 9.17) is 23.8 Å². The Morgan fingerprint density at radius 3 is 2.13 bits per heavy atom. The fourth-order valence-corrected chi connectivity index (χ4v) is 9.15. The van der Waals surface area contributed by atoms with Gasteiger partial charge in [0.05, 0.1) is 13.3 Å². The lowest BCUT2D eigenvalue weighted by atomic mass is 9.77. The van der Waals surface area contributed by atoms with Gasteiger partial charge in [-0.25, -0.2) is 9.78 Å². The zero-order valence-corrected chi connectivity index (χ0v) is 34.0. The van der Waals surface area contributed by atoms with Gasteiger partial charge in [0, 0.05) is 17.2 Å². The van der Waals surface area contributed by atoms with Gasteiger partial charge in [-0.05, 0) is 46.0 Å². The molecule has 0 bridgehead atoms. The Hall–Kier alpha value is -6.97. The Kier molecular flexibility index (Phi) is 11.9. The van der Waals surface area contributed by atoms with E-state index in [9.17, 15) is 14.4 Å². The van der Waals surface area contributed by atoms with Gasteiger partial charge in [0.2, 0.25) is 0 Å². The number of fused-ring (bicyclic) bond motifs is 1. The predicted molar refractivity (Wildman–Crippen MR) is 229 cm³/mol. The summed E-state index contributed by atoms with van der Waals surface area (Å²) in [5.41, 5.74) is 3.58. The molecule has 4 heterocycles. The van der Waals surface area contributed by atoms with Gasteiger partial charge in [-0.2, -0.15) is 0 Å². The summed E-state index contributed by atoms with van der Waals surface area (Å²) in [4.78, 5) is 53.1. The van der Waals surface area contributed by atoms with E-state index in [0.717, 1.165) is 22.3 Å². The quantitative estimate of drug-likeness (QED) is 0.0361. The Labute approximate surface area is 353 Å². The predicted octanol–water partition coefficient (Wildman–Crippen LogP) is 7.01. The van der Waals surface area contributed by atoms with Crippen LogP contribution >= 0.6 is 23.1 Å². The van der Waals surface area contributed by atoms with Crippen LogP contribution in [-0.2, 0) is 36.1 Å². The highest BCUT2D eigenvalue weighted by Crippen LogP contribution is 2.42. The minimum atomic E-state index is -0.980. The van der Waals surface area contributed by atoms with Crippen molar-refractivity contribution in [2.45, 2.75) is 23.6 Å². The molecule has 60 heavy (non-hydrogen) atoms. The van der Waals surface area contributed by atoms with Crippen LogP contribution in [0.5, 0.6) is 5.75 Å². The molecule has 302 valence electrons. The highest BCUT2D eigenvalue weighted by molar-refractivity contribution is 8.00. The number of β-lactam (4-membered cyclic amide) rings is 1. The van der Waals surface area contributed by atoms with Gasteiger partial charge in [-0.15, -0.1) is 23.1 Å². The first kappa shape index (κ1) is 39.8. The maximum absolute atomic E-state index is 14.0. The summed E-state index contributed by atoms with van der Waals surface area (Å²) in [5.74, 6) is -0.370. The van der Waals surface area contributed by atoms with E-state index in [1.807, 2.05) is 54.6 Å². The van der Waals surface area contributed by atoms with Crippen LogP contribution in [0.2, 0.25) is 0 Å². The molecule has 2 aromatic heterocycles. The number of allylic oxidation sites excluding steroid dienone is 1. The molecule has 0 unspecified atom stereocenters. The van der Waals surface area contributed by atoms with E-state index in [0.29, 0.717) is 28.0 Å². The molecule has 0 spiro atoms. The Bertz CT molecular complexity index is 2450. The van der Waals surface area contributed by atoms with Gasteiger partial charge >= 0.3 is 5.97 Å². The van der Waals surface area contributed by atoms with Crippen molar-refractivity contribution in [1.82, 2.24) is 20.4 Å². The molecule has 15 heteroatoms. The maximum atomic E-state index is 14.0. The molecule has 8 rings (SSSR count). The fraction of sp³-hybridized carbons (Fsp3) is 0.156. The largest absolute Gasteiger partial charge is 0.497 e. The van der Waals surface area contributed by atoms with E-state index < -0.39 is 34.7 Å². The molecule has 1 saturated heterocycles. The molecule has 2 aliphatic heterocycles. The lowest BCUT2D eigenvalue weighted by Gasteiger charge is -2.49. The van der Waals surface area contributed by atoms with E-state index in [-0.39, 0.29) is 23.7 Å². The van der Waals surface area contributed by atoms with Crippen LogP contribution in [0, 0.1) is 0 Å². The summed E-state index contributed by atoms with van der Waals surface area (Å²) in [6.07, 6.45) is 4.87. The van der Waals surface area contributed by atoms with Crippen molar-refractivity contribution >= 4 is 57.8 Å². The molecule has 2 amide bonds. The monoisotopic (exact) mass is 838 g/mol. The minimum absolute atomic E-state index is 0.0318. The topological polar surface area (TPSA) is 157 Å². The summed E-state index contributed by atoms with van der Waals surface area (Å²) in [6.45, 7) is -0.0318. The third kappa shape index (κ3) is 8.04. The Balaban J connectivity index is 1.03. The summed E-state index contributed by atoms with van der Waals surface area (Å²) in [7, 11) is 2.90. The standard InChI is InChI=1S/C45H38N6O7S2/c1-55-34-21-18-29(19-22-34)26-57-43(54)39-30(20-23-35-24-25-46-58-35)27-59-42-38(41(53)51(39)42)48-40(52)37(50-56-2)36-28-60-44(47-36)49-45(31-12-6-3-7-13-31,32-14-8-4-9-15-32)33-16-10-5-11-17-33/h3-25,28,38,42H,26-27H2,1-2H3,(H,47,49)(H,48,52)/b23-20-,50-37-/t38-,42-/m1/s1. The number of thiazole rings is 1. The van der Waals surface area contributed by atoms with Crippen molar-refractivity contribution < 1.29 is 33.2 Å². The lowest BCUT2D eigenvalue weighted by molar-refractivity contribution is -0.153. The second kappa shape index (κ2) is 17.9. The summed E-state index contributed by atoms with van der Waals surface area (Å²) >= 11 is 2.70. The average Bonchev–Trinajstić information content (AvgIpc) is 4.01. The number of nitrogens with zero attached hydrogens (tertiary/aromatic N) is 4. The molecule has 1 fully saturated rings. The number of hydrogen-bond acceptors (Lipinski definition) is 13. The molecule has 13 nitrogen and oxygen atoms in total. The SMILES string of the molecule is CO/N=C(\C(=O)N[C@@H]1C(=O)N2C(C(=O)OCc3ccc(OC)cc3)=C(/C=C\c3ccno3)CS[C@H]12)c1csc(NC(c2ccccc2)(c2ccccc2)c2ccccc2)n1. The van der Waals surface area contributed by atoms with Gasteiger partial charge in [-0.1, -0.05) is 120 Å². The molecule has 2 aliphatic rings. The number of hydrogen-bond donors (Lipinski definition) is 2. The number of carbonyl (C=O) groups is 3. The van der Waals surface area contributed by atoms with E-state index in [2.05, 4.69) is 57.3 Å². The summed E-state index contributed by atoms with van der Waals surface area (Å²) in [6, 6.07) is 38.0. The molecular weight excluding hydrogens is 801 g/mol. The number of oxime groups is 1. The minimum Gasteiger partial charge on any atom is -0.497 e. The van der Waals surface area contributed by atoms with Crippen LogP contribution in [0.1, 0.15) is 33.7 Å². The molecule has 0 aliphatic carbocycles. The van der Waals surface area contributed by atoms with E-state index in [1.54, 1.807) is 55.0 Å². The summed E-state index contributed by atoms with van der Waals surface area (Å²) in [5, 5.41) is 16.0. The number of esters is 1. The molecule has 6 aromatic rings. The normalized spacial score (nSPS) is 16.5. The van der Waals surface area contributed by atoms with Crippen molar-refractivity contribution in [2.24, 2.45) is 5.16 Å². The number of rotatable bonds is 15. The van der Waals surface area contributed by atoms with Crippen LogP contribution in [0.15, 0.2) is 160 Å². The zero-order valence-electron chi connectivity index (χ0n) is 32.4. The Morgan fingerprint density at radius 2 is 1.55 bits per heavy atom. The number of methoxy groups -OCH3 is 1. The van der Waals surface area contributed by atoms with Crippen LogP contribution in [0.3, 0.4) is 0 Å². The van der Waals surface area contributed by atoms with E-state index in [1.165, 1.54) is 41.3 Å². The number of ether oxygens (including phenoxy) is 2. The van der Waals surface area contributed by atoms with E-state index >= 15 is 0 Å². The summed E-state index contributed by atoms with van der Waals surface area (Å²) < 4.78 is 16.2. The molecule has 4 aromatic carbocycles. The van der Waals surface area contributed by atoms with Crippen molar-refractivity contribution in [3.63, 3.8) is 0 Å². The van der Waals surface area contributed by atoms with Gasteiger partial charge < -0.3 is 29.5 Å². The highest BCUT2D eigenvalue weighted by atomic mass is 32.2. The number of benzene rings is 4. The van der Waals surface area contributed by atoms with Crippen molar-refractivity contribution in [3.8, 4) is 5.75 Å². The third-order valence-corrected chi connectivity index (χ3v) is 12.0. The van der Waals surface area contributed by atoms with Crippen LogP contribution in [0.4, 0.5) is 5.13 Å². The number of aromatic nitrogens is 2. The van der Waals surface area contributed by atoms with Gasteiger partial charge in [-0.3, -0.25) is 14.5 Å². The fourth-order valence-electron chi connectivity index (χ4n) is 7.08. The van der Waals surface area contributed by atoms with Crippen molar-refractivity contribution in [2.75, 3.05) is 25.3 Å². The molecule has 2 N–H and O–H groups in total. The van der Waals surface area contributed by atoms with Gasteiger partial charge in [0.1, 0.15) is 47.8 Å². The highest BCUT2D eigenvalue weighted by Gasteiger charge is 2.54. The van der Waals surface area contributed by atoms with Gasteiger partial charge in [0.25, 0.3) is 11.8 Å². The Morgan fingerprint density at radius 1 is 0.900 bits per heavy atom. The maximum Gasteiger partial charge on any atom is 0.355 e. The number of carbonyl (C=O) groups excluding carboxylic acids is 3. The lowest BCUT2D eigenvalue weighted by Crippen LogP contribution is -2.71. The molecule has 2 atom stereocenters. The number of anilines is 1. The van der Waals surface area contributed by atoms with Crippen LogP contribution < -0.4 is 15.4 Å². The number of nitrogens with one attached hydrogen (secondary N) is 2. The van der Waals surface area contributed by atoms with Crippen molar-refractivity contribution in [1.29, 1.82) is 0 Å². The molecule has 0 radical (unpaired) electrons. The first-order chi connectivity index (χ1) is 29.4. The average molecular weight is 839 g/mol. The smallest absolute Gasteiger partial charge is 0.355 e. The van der Waals surface area contributed by atoms with Crippen LogP contribution in [0.25, 0.3) is 6.08 Å². The van der Waals surface area contributed by atoms with Crippen molar-refractivity contribution in [3.05, 3.63) is 184 Å². The zero-order chi connectivity index (χ0) is 41.5. The molecular formula is C45H38N6O7S2.